The molecule has 0 unspecified atom stereocenters. The van der Waals surface area contributed by atoms with E-state index < -0.39 is 0 Å². The maximum absolute atomic E-state index is 12.7. The summed E-state index contributed by atoms with van der Waals surface area (Å²) in [5, 5.41) is 7.61. The molecule has 1 aliphatic heterocycles. The van der Waals surface area contributed by atoms with Gasteiger partial charge in [-0.25, -0.2) is 4.79 Å². The summed E-state index contributed by atoms with van der Waals surface area (Å²) in [6, 6.07) is 10.0. The van der Waals surface area contributed by atoms with E-state index in [1.54, 1.807) is 0 Å². The van der Waals surface area contributed by atoms with Gasteiger partial charge in [-0.3, -0.25) is 0 Å². The molecule has 2 N–H and O–H groups in total. The molecule has 1 atom stereocenters. The summed E-state index contributed by atoms with van der Waals surface area (Å²) < 4.78 is 11.3. The summed E-state index contributed by atoms with van der Waals surface area (Å²) in [7, 11) is 0. The van der Waals surface area contributed by atoms with E-state index in [9.17, 15) is 4.79 Å². The summed E-state index contributed by atoms with van der Waals surface area (Å²) in [4.78, 5) is 13.7. The lowest BCUT2D eigenvalue weighted by Crippen LogP contribution is -2.29. The van der Waals surface area contributed by atoms with Crippen molar-refractivity contribution in [2.24, 2.45) is 5.92 Å². The minimum Gasteiger partial charge on any atom is -0.462 e. The van der Waals surface area contributed by atoms with Crippen LogP contribution in [0.2, 0.25) is 0 Å². The minimum absolute atomic E-state index is 0.103. The van der Waals surface area contributed by atoms with Crippen LogP contribution in [-0.2, 0) is 29.0 Å². The fraction of sp³-hybridized carbons (Fsp3) is 0.429. The van der Waals surface area contributed by atoms with Gasteiger partial charge < -0.3 is 20.1 Å². The number of thiocarbonyl (C=S) groups is 1. The zero-order valence-electron chi connectivity index (χ0n) is 16.4. The normalized spacial score (nSPS) is 15.8. The van der Waals surface area contributed by atoms with E-state index >= 15 is 0 Å². The molecule has 2 aromatic rings. The number of carbonyl (C=O) groups is 1. The predicted molar refractivity (Wildman–Crippen MR) is 117 cm³/mol. The second-order valence-electron chi connectivity index (χ2n) is 7.02. The van der Waals surface area contributed by atoms with E-state index in [-0.39, 0.29) is 12.1 Å². The molecule has 1 aromatic heterocycles. The Balaban J connectivity index is 1.78. The zero-order chi connectivity index (χ0) is 20.1. The van der Waals surface area contributed by atoms with Gasteiger partial charge in [0.25, 0.3) is 0 Å². The number of hydrogen-bond donors (Lipinski definition) is 2. The van der Waals surface area contributed by atoms with Crippen LogP contribution in [-0.4, -0.2) is 23.8 Å². The Labute approximate surface area is 175 Å². The average molecular weight is 419 g/mol. The van der Waals surface area contributed by atoms with Gasteiger partial charge in [0, 0.05) is 17.8 Å². The molecule has 0 fully saturated rings. The van der Waals surface area contributed by atoms with Crippen LogP contribution >= 0.6 is 23.6 Å². The number of carbonyl (C=O) groups excluding carboxylic acids is 1. The number of benzene rings is 1. The van der Waals surface area contributed by atoms with Crippen molar-refractivity contribution in [2.45, 2.75) is 46.4 Å². The Hall–Kier alpha value is -1.96. The minimum atomic E-state index is -0.308. The Morgan fingerprint density at radius 2 is 2.11 bits per heavy atom. The van der Waals surface area contributed by atoms with Crippen molar-refractivity contribution in [3.05, 3.63) is 51.9 Å². The number of anilines is 1. The lowest BCUT2D eigenvalue weighted by molar-refractivity contribution is 0.00124. The molecule has 0 aliphatic carbocycles. The first kappa shape index (κ1) is 20.8. The molecule has 3 rings (SSSR count). The van der Waals surface area contributed by atoms with Crippen LogP contribution in [0, 0.1) is 5.92 Å². The fourth-order valence-corrected chi connectivity index (χ4v) is 4.53. The highest BCUT2D eigenvalue weighted by Crippen LogP contribution is 2.39. The van der Waals surface area contributed by atoms with Gasteiger partial charge in [-0.1, -0.05) is 44.2 Å². The lowest BCUT2D eigenvalue weighted by atomic mass is 9.94. The van der Waals surface area contributed by atoms with Gasteiger partial charge in [0.2, 0.25) is 0 Å². The van der Waals surface area contributed by atoms with Crippen LogP contribution in [0.4, 0.5) is 5.00 Å². The molecule has 0 amide bonds. The number of hydrogen-bond acceptors (Lipinski definition) is 5. The number of rotatable bonds is 6. The van der Waals surface area contributed by atoms with Crippen molar-refractivity contribution in [3.8, 4) is 0 Å². The second kappa shape index (κ2) is 9.49. The number of thiophene rings is 1. The molecule has 0 radical (unpaired) electrons. The van der Waals surface area contributed by atoms with Crippen molar-refractivity contribution in [1.82, 2.24) is 5.32 Å². The van der Waals surface area contributed by atoms with Crippen LogP contribution in [0.15, 0.2) is 30.3 Å². The van der Waals surface area contributed by atoms with Crippen molar-refractivity contribution < 1.29 is 14.3 Å². The second-order valence-corrected chi connectivity index (χ2v) is 8.53. The van der Waals surface area contributed by atoms with Gasteiger partial charge in [-0.2, -0.15) is 0 Å². The third kappa shape index (κ3) is 4.90. The van der Waals surface area contributed by atoms with Crippen LogP contribution < -0.4 is 10.6 Å². The van der Waals surface area contributed by atoms with Gasteiger partial charge in [0.1, 0.15) is 5.00 Å². The van der Waals surface area contributed by atoms with E-state index in [1.807, 2.05) is 37.3 Å². The number of nitrogens with one attached hydrogen (secondary N) is 2. The van der Waals surface area contributed by atoms with E-state index in [1.165, 1.54) is 11.3 Å². The van der Waals surface area contributed by atoms with E-state index in [2.05, 4.69) is 24.5 Å². The molecule has 7 heteroatoms. The summed E-state index contributed by atoms with van der Waals surface area (Å²) in [6.07, 6.45) is 0.815. The van der Waals surface area contributed by atoms with Gasteiger partial charge in [-0.15, -0.1) is 11.3 Å². The smallest absolute Gasteiger partial charge is 0.341 e. The number of fused-ring (bicyclic) bond motifs is 1. The SMILES string of the molecule is CCOC(=O)c1c(NC(=S)NCc2ccccc2)sc2c1C[C@@H](C(C)C)OC2. The largest absolute Gasteiger partial charge is 0.462 e. The van der Waals surface area contributed by atoms with E-state index in [0.29, 0.717) is 42.8 Å². The van der Waals surface area contributed by atoms with Crippen molar-refractivity contribution in [1.29, 1.82) is 0 Å². The third-order valence-electron chi connectivity index (χ3n) is 4.67. The molecule has 28 heavy (non-hydrogen) atoms. The first-order chi connectivity index (χ1) is 13.5. The van der Waals surface area contributed by atoms with Gasteiger partial charge in [-0.05, 0) is 36.2 Å². The highest BCUT2D eigenvalue weighted by molar-refractivity contribution is 7.80. The highest BCUT2D eigenvalue weighted by atomic mass is 32.1. The summed E-state index contributed by atoms with van der Waals surface area (Å²) in [5.41, 5.74) is 2.76. The van der Waals surface area contributed by atoms with E-state index in [4.69, 9.17) is 21.7 Å². The first-order valence-corrected chi connectivity index (χ1v) is 10.7. The molecule has 2 heterocycles. The zero-order valence-corrected chi connectivity index (χ0v) is 18.0. The molecule has 1 aliphatic rings. The fourth-order valence-electron chi connectivity index (χ4n) is 3.15. The Kier molecular flexibility index (Phi) is 7.04. The summed E-state index contributed by atoms with van der Waals surface area (Å²) in [5.74, 6) is 0.0749. The van der Waals surface area contributed by atoms with E-state index in [0.717, 1.165) is 21.0 Å². The maximum atomic E-state index is 12.7. The molecular weight excluding hydrogens is 392 g/mol. The molecule has 5 nitrogen and oxygen atoms in total. The molecule has 0 saturated carbocycles. The standard InChI is InChI=1S/C21H26N2O3S2/c1-4-25-20(24)18-15-10-16(13(2)3)26-12-17(15)28-19(18)23-21(27)22-11-14-8-6-5-7-9-14/h5-9,13,16H,4,10-12H2,1-3H3,(H2,22,23,27)/t16-/m0/s1. The molecule has 150 valence electrons. The highest BCUT2D eigenvalue weighted by Gasteiger charge is 2.31. The Morgan fingerprint density at radius 3 is 2.79 bits per heavy atom. The van der Waals surface area contributed by atoms with Crippen LogP contribution in [0.1, 0.15) is 47.1 Å². The average Bonchev–Trinajstić information content (AvgIpc) is 3.04. The molecule has 1 aromatic carbocycles. The quantitative estimate of drug-likeness (QED) is 0.532. The van der Waals surface area contributed by atoms with Gasteiger partial charge in [0.05, 0.1) is 24.9 Å². The van der Waals surface area contributed by atoms with Crippen LogP contribution in [0.3, 0.4) is 0 Å². The summed E-state index contributed by atoms with van der Waals surface area (Å²) >= 11 is 6.97. The van der Waals surface area contributed by atoms with Gasteiger partial charge >= 0.3 is 5.97 Å². The predicted octanol–water partition coefficient (Wildman–Crippen LogP) is 4.51. The lowest BCUT2D eigenvalue weighted by Gasteiger charge is -2.26. The molecule has 0 spiro atoms. The first-order valence-electron chi connectivity index (χ1n) is 9.51. The number of esters is 1. The van der Waals surface area contributed by atoms with Crippen molar-refractivity contribution in [3.63, 3.8) is 0 Å². The molecule has 0 saturated heterocycles. The van der Waals surface area contributed by atoms with Crippen molar-refractivity contribution in [2.75, 3.05) is 11.9 Å². The Bertz CT molecular complexity index is 834. The Morgan fingerprint density at radius 1 is 1.36 bits per heavy atom. The number of ether oxygens (including phenoxy) is 2. The third-order valence-corrected chi connectivity index (χ3v) is 6.04. The molecule has 0 bridgehead atoms. The van der Waals surface area contributed by atoms with Crippen molar-refractivity contribution >= 4 is 39.6 Å². The monoisotopic (exact) mass is 418 g/mol. The topological polar surface area (TPSA) is 59.6 Å². The summed E-state index contributed by atoms with van der Waals surface area (Å²) in [6.45, 7) is 7.55. The molecular formula is C21H26N2O3S2. The van der Waals surface area contributed by atoms with Crippen LogP contribution in [0.5, 0.6) is 0 Å². The van der Waals surface area contributed by atoms with Crippen LogP contribution in [0.25, 0.3) is 0 Å². The van der Waals surface area contributed by atoms with Gasteiger partial charge in [0.15, 0.2) is 5.11 Å². The maximum Gasteiger partial charge on any atom is 0.341 e.